The first-order chi connectivity index (χ1) is 9.54. The Morgan fingerprint density at radius 1 is 1.25 bits per heavy atom. The minimum absolute atomic E-state index is 0.174. The van der Waals surface area contributed by atoms with E-state index in [4.69, 9.17) is 5.73 Å². The Balaban J connectivity index is 2.00. The zero-order valence-corrected chi connectivity index (χ0v) is 11.3. The van der Waals surface area contributed by atoms with Crippen LogP contribution in [0.25, 0.3) is 0 Å². The van der Waals surface area contributed by atoms with Crippen molar-refractivity contribution < 1.29 is 9.90 Å². The summed E-state index contributed by atoms with van der Waals surface area (Å²) in [6.07, 6.45) is 0.237. The molecule has 0 fully saturated rings. The van der Waals surface area contributed by atoms with E-state index < -0.39 is 0 Å². The Labute approximate surface area is 117 Å². The number of aryl methyl sites for hydroxylation is 1. The number of anilines is 1. The molecule has 1 amide bonds. The number of amides is 1. The fraction of sp³-hybridized carbons (Fsp3) is 0.200. The predicted octanol–water partition coefficient (Wildman–Crippen LogP) is 1.74. The van der Waals surface area contributed by atoms with Gasteiger partial charge < -0.3 is 16.2 Å². The SMILES string of the molecule is Cc1ccc(O)c(CNc2ccc(CC(N)=O)cc2)n1. The van der Waals surface area contributed by atoms with Gasteiger partial charge in [0.05, 0.1) is 13.0 Å². The van der Waals surface area contributed by atoms with Crippen LogP contribution in [0.1, 0.15) is 17.0 Å². The molecule has 104 valence electrons. The van der Waals surface area contributed by atoms with E-state index in [1.807, 2.05) is 31.2 Å². The molecule has 0 aliphatic carbocycles. The van der Waals surface area contributed by atoms with Crippen molar-refractivity contribution in [2.75, 3.05) is 5.32 Å². The lowest BCUT2D eigenvalue weighted by atomic mass is 10.1. The van der Waals surface area contributed by atoms with Crippen LogP contribution in [0.4, 0.5) is 5.69 Å². The molecule has 0 bridgehead atoms. The molecule has 0 spiro atoms. The number of benzene rings is 1. The van der Waals surface area contributed by atoms with E-state index in [9.17, 15) is 9.90 Å². The summed E-state index contributed by atoms with van der Waals surface area (Å²) in [7, 11) is 0. The molecule has 1 heterocycles. The fourth-order valence-corrected chi connectivity index (χ4v) is 1.86. The minimum atomic E-state index is -0.348. The molecule has 0 aliphatic heterocycles. The van der Waals surface area contributed by atoms with Gasteiger partial charge in [0.2, 0.25) is 5.91 Å². The van der Waals surface area contributed by atoms with Crippen LogP contribution in [0.3, 0.4) is 0 Å². The van der Waals surface area contributed by atoms with Crippen molar-refractivity contribution in [2.45, 2.75) is 19.9 Å². The van der Waals surface area contributed by atoms with E-state index in [1.54, 1.807) is 12.1 Å². The number of carbonyl (C=O) groups is 1. The predicted molar refractivity (Wildman–Crippen MR) is 77.3 cm³/mol. The van der Waals surface area contributed by atoms with Crippen molar-refractivity contribution in [3.05, 3.63) is 53.3 Å². The third-order valence-electron chi connectivity index (χ3n) is 2.88. The van der Waals surface area contributed by atoms with Gasteiger partial charge in [0, 0.05) is 11.4 Å². The number of carbonyl (C=O) groups excluding carboxylic acids is 1. The summed E-state index contributed by atoms with van der Waals surface area (Å²) < 4.78 is 0. The van der Waals surface area contributed by atoms with E-state index in [-0.39, 0.29) is 18.1 Å². The first-order valence-corrected chi connectivity index (χ1v) is 6.31. The molecule has 0 radical (unpaired) electrons. The van der Waals surface area contributed by atoms with Crippen LogP contribution in [0.5, 0.6) is 5.75 Å². The maximum absolute atomic E-state index is 10.8. The van der Waals surface area contributed by atoms with Gasteiger partial charge in [-0.2, -0.15) is 0 Å². The Morgan fingerprint density at radius 3 is 2.60 bits per heavy atom. The standard InChI is InChI=1S/C15H17N3O2/c1-10-2-7-14(19)13(18-10)9-17-12-5-3-11(4-6-12)8-15(16)20/h2-7,17,19H,8-9H2,1H3,(H2,16,20). The molecular formula is C15H17N3O2. The van der Waals surface area contributed by atoms with Crippen molar-refractivity contribution in [3.63, 3.8) is 0 Å². The molecule has 0 atom stereocenters. The maximum atomic E-state index is 10.8. The van der Waals surface area contributed by atoms with Crippen molar-refractivity contribution in [2.24, 2.45) is 5.73 Å². The van der Waals surface area contributed by atoms with Gasteiger partial charge in [-0.3, -0.25) is 9.78 Å². The molecule has 1 aromatic carbocycles. The molecule has 5 heteroatoms. The zero-order chi connectivity index (χ0) is 14.5. The highest BCUT2D eigenvalue weighted by molar-refractivity contribution is 5.76. The van der Waals surface area contributed by atoms with Gasteiger partial charge in [0.15, 0.2) is 0 Å². The highest BCUT2D eigenvalue weighted by atomic mass is 16.3. The second-order valence-corrected chi connectivity index (χ2v) is 4.61. The number of hydrogen-bond acceptors (Lipinski definition) is 4. The summed E-state index contributed by atoms with van der Waals surface area (Å²) in [6.45, 7) is 2.31. The summed E-state index contributed by atoms with van der Waals surface area (Å²) in [4.78, 5) is 15.1. The number of primary amides is 1. The Hall–Kier alpha value is -2.56. The Bertz CT molecular complexity index is 609. The fourth-order valence-electron chi connectivity index (χ4n) is 1.86. The Kier molecular flexibility index (Phi) is 4.20. The molecule has 4 N–H and O–H groups in total. The second-order valence-electron chi connectivity index (χ2n) is 4.61. The van der Waals surface area contributed by atoms with E-state index in [0.717, 1.165) is 16.9 Å². The molecule has 2 rings (SSSR count). The summed E-state index contributed by atoms with van der Waals surface area (Å²) in [5.41, 5.74) is 8.36. The average Bonchev–Trinajstić information content (AvgIpc) is 2.41. The number of nitrogens with zero attached hydrogens (tertiary/aromatic N) is 1. The number of pyridine rings is 1. The number of nitrogens with one attached hydrogen (secondary N) is 1. The summed E-state index contributed by atoms with van der Waals surface area (Å²) >= 11 is 0. The van der Waals surface area contributed by atoms with Crippen molar-refractivity contribution in [1.29, 1.82) is 0 Å². The number of aromatic nitrogens is 1. The third-order valence-corrected chi connectivity index (χ3v) is 2.88. The summed E-state index contributed by atoms with van der Waals surface area (Å²) in [5.74, 6) is -0.173. The molecule has 5 nitrogen and oxygen atoms in total. The number of rotatable bonds is 5. The smallest absolute Gasteiger partial charge is 0.221 e. The molecule has 2 aromatic rings. The van der Waals surface area contributed by atoms with Crippen LogP contribution >= 0.6 is 0 Å². The minimum Gasteiger partial charge on any atom is -0.506 e. The number of aromatic hydroxyl groups is 1. The van der Waals surface area contributed by atoms with Gasteiger partial charge in [-0.25, -0.2) is 0 Å². The monoisotopic (exact) mass is 271 g/mol. The second kappa shape index (κ2) is 6.06. The van der Waals surface area contributed by atoms with Crippen molar-refractivity contribution in [1.82, 2.24) is 4.98 Å². The van der Waals surface area contributed by atoms with Crippen molar-refractivity contribution in [3.8, 4) is 5.75 Å². The molecule has 1 aromatic heterocycles. The van der Waals surface area contributed by atoms with Gasteiger partial charge in [-0.1, -0.05) is 12.1 Å². The Morgan fingerprint density at radius 2 is 1.95 bits per heavy atom. The van der Waals surface area contributed by atoms with E-state index in [2.05, 4.69) is 10.3 Å². The lowest BCUT2D eigenvalue weighted by Crippen LogP contribution is -2.13. The highest BCUT2D eigenvalue weighted by Gasteiger charge is 2.03. The molecule has 0 saturated carbocycles. The molecule has 0 aliphatic rings. The first kappa shape index (κ1) is 13.9. The summed E-state index contributed by atoms with van der Waals surface area (Å²) in [5, 5.41) is 12.9. The molecule has 0 unspecified atom stereocenters. The van der Waals surface area contributed by atoms with Gasteiger partial charge in [-0.05, 0) is 36.8 Å². The van der Waals surface area contributed by atoms with Crippen LogP contribution in [-0.4, -0.2) is 16.0 Å². The molecule has 20 heavy (non-hydrogen) atoms. The number of hydrogen-bond donors (Lipinski definition) is 3. The molecular weight excluding hydrogens is 254 g/mol. The van der Waals surface area contributed by atoms with Gasteiger partial charge >= 0.3 is 0 Å². The van der Waals surface area contributed by atoms with Crippen LogP contribution in [0.2, 0.25) is 0 Å². The largest absolute Gasteiger partial charge is 0.506 e. The lowest BCUT2D eigenvalue weighted by molar-refractivity contribution is -0.117. The van der Waals surface area contributed by atoms with Crippen LogP contribution in [0, 0.1) is 6.92 Å². The van der Waals surface area contributed by atoms with Gasteiger partial charge in [0.1, 0.15) is 11.4 Å². The topological polar surface area (TPSA) is 88.2 Å². The quantitative estimate of drug-likeness (QED) is 0.772. The summed E-state index contributed by atoms with van der Waals surface area (Å²) in [6, 6.07) is 10.8. The average molecular weight is 271 g/mol. The maximum Gasteiger partial charge on any atom is 0.221 e. The van der Waals surface area contributed by atoms with Crippen LogP contribution < -0.4 is 11.1 Å². The van der Waals surface area contributed by atoms with E-state index >= 15 is 0 Å². The van der Waals surface area contributed by atoms with Crippen LogP contribution in [0.15, 0.2) is 36.4 Å². The highest BCUT2D eigenvalue weighted by Crippen LogP contribution is 2.17. The zero-order valence-electron chi connectivity index (χ0n) is 11.3. The van der Waals surface area contributed by atoms with E-state index in [0.29, 0.717) is 12.2 Å². The lowest BCUT2D eigenvalue weighted by Gasteiger charge is -2.08. The first-order valence-electron chi connectivity index (χ1n) is 6.31. The molecule has 0 saturated heterocycles. The third kappa shape index (κ3) is 3.71. The normalized spacial score (nSPS) is 10.2. The van der Waals surface area contributed by atoms with Crippen molar-refractivity contribution >= 4 is 11.6 Å². The van der Waals surface area contributed by atoms with Gasteiger partial charge in [0.25, 0.3) is 0 Å². The van der Waals surface area contributed by atoms with Crippen LogP contribution in [-0.2, 0) is 17.8 Å². The van der Waals surface area contributed by atoms with E-state index in [1.165, 1.54) is 0 Å². The number of nitrogens with two attached hydrogens (primary N) is 1. The van der Waals surface area contributed by atoms with Gasteiger partial charge in [-0.15, -0.1) is 0 Å².